The fourth-order valence-electron chi connectivity index (χ4n) is 2.15. The Bertz CT molecular complexity index is 723. The van der Waals surface area contributed by atoms with Crippen molar-refractivity contribution in [3.05, 3.63) is 58.1 Å². The van der Waals surface area contributed by atoms with Gasteiger partial charge in [-0.05, 0) is 43.2 Å². The van der Waals surface area contributed by atoms with E-state index in [1.54, 1.807) is 32.0 Å². The zero-order chi connectivity index (χ0) is 15.6. The zero-order valence-electron chi connectivity index (χ0n) is 11.8. The molecular weight excluding hydrogens is 352 g/mol. The Morgan fingerprint density at radius 2 is 1.76 bits per heavy atom. The van der Waals surface area contributed by atoms with E-state index in [1.165, 1.54) is 0 Å². The summed E-state index contributed by atoms with van der Waals surface area (Å²) in [5, 5.41) is 0. The van der Waals surface area contributed by atoms with Gasteiger partial charge in [-0.2, -0.15) is 0 Å². The van der Waals surface area contributed by atoms with E-state index in [1.807, 2.05) is 24.3 Å². The van der Waals surface area contributed by atoms with Gasteiger partial charge in [0.2, 0.25) is 10.0 Å². The van der Waals surface area contributed by atoms with Gasteiger partial charge in [-0.25, -0.2) is 13.1 Å². The van der Waals surface area contributed by atoms with Crippen LogP contribution in [0.1, 0.15) is 24.1 Å². The summed E-state index contributed by atoms with van der Waals surface area (Å²) < 4.78 is 28.7. The second kappa shape index (κ2) is 6.17. The fourth-order valence-corrected chi connectivity index (χ4v) is 4.01. The maximum atomic E-state index is 12.5. The van der Waals surface area contributed by atoms with Crippen molar-refractivity contribution >= 4 is 31.6 Å². The van der Waals surface area contributed by atoms with Crippen molar-refractivity contribution < 1.29 is 8.42 Å². The van der Waals surface area contributed by atoms with Crippen LogP contribution in [0.5, 0.6) is 0 Å². The van der Waals surface area contributed by atoms with Crippen LogP contribution in [-0.4, -0.2) is 8.42 Å². The minimum atomic E-state index is -3.67. The Morgan fingerprint density at radius 3 is 2.33 bits per heavy atom. The summed E-state index contributed by atoms with van der Waals surface area (Å²) in [6.07, 6.45) is 0. The van der Waals surface area contributed by atoms with Crippen molar-refractivity contribution in [2.24, 2.45) is 0 Å². The van der Waals surface area contributed by atoms with E-state index in [0.717, 1.165) is 10.0 Å². The molecule has 4 nitrogen and oxygen atoms in total. The molecule has 0 heterocycles. The lowest BCUT2D eigenvalue weighted by atomic mass is 10.1. The predicted molar refractivity (Wildman–Crippen MR) is 88.5 cm³/mol. The summed E-state index contributed by atoms with van der Waals surface area (Å²) in [6.45, 7) is 3.53. The fraction of sp³-hybridized carbons (Fsp3) is 0.200. The minimum Gasteiger partial charge on any atom is -0.398 e. The largest absolute Gasteiger partial charge is 0.398 e. The lowest BCUT2D eigenvalue weighted by molar-refractivity contribution is 0.567. The molecule has 0 spiro atoms. The van der Waals surface area contributed by atoms with Crippen molar-refractivity contribution in [2.45, 2.75) is 24.8 Å². The highest BCUT2D eigenvalue weighted by atomic mass is 79.9. The third-order valence-corrected chi connectivity index (χ3v) is 5.50. The molecule has 0 aliphatic heterocycles. The molecule has 1 atom stereocenters. The molecule has 21 heavy (non-hydrogen) atoms. The first kappa shape index (κ1) is 16.0. The van der Waals surface area contributed by atoms with Crippen LogP contribution in [0, 0.1) is 6.92 Å². The van der Waals surface area contributed by atoms with Gasteiger partial charge in [0.05, 0.1) is 5.69 Å². The number of halogens is 1. The molecular formula is C15H17BrN2O2S. The van der Waals surface area contributed by atoms with Gasteiger partial charge < -0.3 is 5.73 Å². The number of nitrogens with one attached hydrogen (secondary N) is 1. The first-order valence-corrected chi connectivity index (χ1v) is 8.72. The van der Waals surface area contributed by atoms with E-state index in [9.17, 15) is 8.42 Å². The van der Waals surface area contributed by atoms with E-state index < -0.39 is 10.0 Å². The molecule has 1 unspecified atom stereocenters. The average molecular weight is 369 g/mol. The molecule has 112 valence electrons. The van der Waals surface area contributed by atoms with Crippen LogP contribution in [0.3, 0.4) is 0 Å². The van der Waals surface area contributed by atoms with Crippen molar-refractivity contribution in [3.63, 3.8) is 0 Å². The summed E-state index contributed by atoms with van der Waals surface area (Å²) in [4.78, 5) is 0.147. The van der Waals surface area contributed by atoms with E-state index in [4.69, 9.17) is 5.73 Å². The molecule has 0 aromatic heterocycles. The van der Waals surface area contributed by atoms with E-state index in [0.29, 0.717) is 5.56 Å². The van der Waals surface area contributed by atoms with Gasteiger partial charge in [-0.15, -0.1) is 0 Å². The van der Waals surface area contributed by atoms with E-state index in [-0.39, 0.29) is 16.6 Å². The van der Waals surface area contributed by atoms with Crippen molar-refractivity contribution in [3.8, 4) is 0 Å². The van der Waals surface area contributed by atoms with Crippen LogP contribution in [0.4, 0.5) is 5.69 Å². The van der Waals surface area contributed by atoms with Gasteiger partial charge in [0, 0.05) is 10.5 Å². The number of nitrogen functional groups attached to an aromatic ring is 1. The van der Waals surface area contributed by atoms with Gasteiger partial charge in [0.1, 0.15) is 4.90 Å². The van der Waals surface area contributed by atoms with Crippen LogP contribution in [0.15, 0.2) is 51.8 Å². The van der Waals surface area contributed by atoms with Gasteiger partial charge in [-0.3, -0.25) is 0 Å². The predicted octanol–water partition coefficient (Wildman–Crippen LogP) is 3.38. The first-order valence-electron chi connectivity index (χ1n) is 6.44. The number of sulfonamides is 1. The molecule has 3 N–H and O–H groups in total. The Kier molecular flexibility index (Phi) is 4.70. The number of hydrogen-bond donors (Lipinski definition) is 2. The minimum absolute atomic E-state index is 0.147. The number of hydrogen-bond acceptors (Lipinski definition) is 3. The summed E-state index contributed by atoms with van der Waals surface area (Å²) >= 11 is 3.36. The SMILES string of the molecule is Cc1cccc(N)c1S(=O)(=O)NC(C)c1ccc(Br)cc1. The van der Waals surface area contributed by atoms with Crippen molar-refractivity contribution in [1.29, 1.82) is 0 Å². The molecule has 0 amide bonds. The highest BCUT2D eigenvalue weighted by molar-refractivity contribution is 9.10. The van der Waals surface area contributed by atoms with Gasteiger partial charge in [0.25, 0.3) is 0 Å². The summed E-state index contributed by atoms with van der Waals surface area (Å²) in [5.41, 5.74) is 7.58. The first-order chi connectivity index (χ1) is 9.81. The summed E-state index contributed by atoms with van der Waals surface area (Å²) in [6, 6.07) is 12.2. The van der Waals surface area contributed by atoms with E-state index >= 15 is 0 Å². The third-order valence-electron chi connectivity index (χ3n) is 3.21. The van der Waals surface area contributed by atoms with Crippen LogP contribution in [-0.2, 0) is 10.0 Å². The monoisotopic (exact) mass is 368 g/mol. The number of anilines is 1. The number of rotatable bonds is 4. The summed E-state index contributed by atoms with van der Waals surface area (Å²) in [7, 11) is -3.67. The van der Waals surface area contributed by atoms with Gasteiger partial charge in [-0.1, -0.05) is 40.2 Å². The van der Waals surface area contributed by atoms with Crippen molar-refractivity contribution in [1.82, 2.24) is 4.72 Å². The smallest absolute Gasteiger partial charge is 0.243 e. The van der Waals surface area contributed by atoms with Gasteiger partial charge >= 0.3 is 0 Å². The normalized spacial score (nSPS) is 13.1. The molecule has 0 bridgehead atoms. The standard InChI is InChI=1S/C15H17BrN2O2S/c1-10-4-3-5-14(17)15(10)21(19,20)18-11(2)12-6-8-13(16)9-7-12/h3-9,11,18H,17H2,1-2H3. The Morgan fingerprint density at radius 1 is 1.14 bits per heavy atom. The highest BCUT2D eigenvalue weighted by Gasteiger charge is 2.22. The van der Waals surface area contributed by atoms with Crippen molar-refractivity contribution in [2.75, 3.05) is 5.73 Å². The number of aryl methyl sites for hydroxylation is 1. The van der Waals surface area contributed by atoms with Crippen LogP contribution >= 0.6 is 15.9 Å². The average Bonchev–Trinajstić information content (AvgIpc) is 2.38. The zero-order valence-corrected chi connectivity index (χ0v) is 14.2. The van der Waals surface area contributed by atoms with Gasteiger partial charge in [0.15, 0.2) is 0 Å². The van der Waals surface area contributed by atoms with Crippen LogP contribution in [0.25, 0.3) is 0 Å². The maximum Gasteiger partial charge on any atom is 0.243 e. The molecule has 0 aliphatic carbocycles. The molecule has 0 saturated heterocycles. The second-order valence-corrected chi connectivity index (χ2v) is 7.45. The Balaban J connectivity index is 2.31. The lowest BCUT2D eigenvalue weighted by Crippen LogP contribution is -2.28. The number of nitrogens with two attached hydrogens (primary N) is 1. The molecule has 2 rings (SSSR count). The lowest BCUT2D eigenvalue weighted by Gasteiger charge is -2.17. The van der Waals surface area contributed by atoms with Crippen LogP contribution in [0.2, 0.25) is 0 Å². The molecule has 2 aromatic rings. The maximum absolute atomic E-state index is 12.5. The summed E-state index contributed by atoms with van der Waals surface area (Å²) in [5.74, 6) is 0. The molecule has 2 aromatic carbocycles. The molecule has 0 radical (unpaired) electrons. The highest BCUT2D eigenvalue weighted by Crippen LogP contribution is 2.25. The molecule has 6 heteroatoms. The Hall–Kier alpha value is -1.37. The quantitative estimate of drug-likeness (QED) is 0.812. The number of benzene rings is 2. The van der Waals surface area contributed by atoms with E-state index in [2.05, 4.69) is 20.7 Å². The molecule has 0 aliphatic rings. The second-order valence-electron chi connectivity index (χ2n) is 4.89. The van der Waals surface area contributed by atoms with Crippen LogP contribution < -0.4 is 10.5 Å². The Labute approximate surface area is 133 Å². The topological polar surface area (TPSA) is 72.2 Å². The molecule has 0 saturated carbocycles. The molecule has 0 fully saturated rings. The third kappa shape index (κ3) is 3.64.